The van der Waals surface area contributed by atoms with Crippen molar-refractivity contribution in [3.63, 3.8) is 0 Å². The van der Waals surface area contributed by atoms with Crippen molar-refractivity contribution in [3.8, 4) is 11.1 Å². The van der Waals surface area contributed by atoms with Crippen LogP contribution in [0.5, 0.6) is 0 Å². The van der Waals surface area contributed by atoms with Crippen LogP contribution in [0.3, 0.4) is 0 Å². The molecule has 0 aliphatic carbocycles. The highest BCUT2D eigenvalue weighted by atomic mass is 19.1. The maximum atomic E-state index is 14.4. The summed E-state index contributed by atoms with van der Waals surface area (Å²) in [5.74, 6) is -2.81. The number of benzene rings is 4. The summed E-state index contributed by atoms with van der Waals surface area (Å²) in [4.78, 5) is 55.3. The fraction of sp³-hybridized carbons (Fsp3) is 0.282. The van der Waals surface area contributed by atoms with Crippen molar-refractivity contribution in [3.05, 3.63) is 131 Å². The first-order valence-electron chi connectivity index (χ1n) is 16.6. The highest BCUT2D eigenvalue weighted by molar-refractivity contribution is 5.99. The molecule has 4 amide bonds. The van der Waals surface area contributed by atoms with Gasteiger partial charge >= 0.3 is 0 Å². The summed E-state index contributed by atoms with van der Waals surface area (Å²) in [7, 11) is 1.47. The summed E-state index contributed by atoms with van der Waals surface area (Å²) in [6, 6.07) is 26.7. The molecule has 0 heterocycles. The van der Waals surface area contributed by atoms with Crippen LogP contribution in [0.1, 0.15) is 46.3 Å². The zero-order valence-corrected chi connectivity index (χ0v) is 28.2. The number of nitrogens with two attached hydrogens (primary N) is 3. The van der Waals surface area contributed by atoms with Crippen LogP contribution in [0.25, 0.3) is 11.1 Å². The number of carbonyl (C=O) groups excluding carboxylic acids is 4. The van der Waals surface area contributed by atoms with E-state index in [1.54, 1.807) is 24.3 Å². The molecule has 10 nitrogen and oxygen atoms in total. The van der Waals surface area contributed by atoms with E-state index in [1.807, 2.05) is 54.6 Å². The summed E-state index contributed by atoms with van der Waals surface area (Å²) in [6.45, 7) is 0.654. The maximum absolute atomic E-state index is 14.4. The van der Waals surface area contributed by atoms with E-state index in [0.717, 1.165) is 22.3 Å². The van der Waals surface area contributed by atoms with Crippen molar-refractivity contribution in [2.75, 3.05) is 13.6 Å². The molecule has 4 aromatic rings. The van der Waals surface area contributed by atoms with Crippen LogP contribution in [-0.2, 0) is 33.8 Å². The van der Waals surface area contributed by atoms with Gasteiger partial charge in [-0.25, -0.2) is 4.39 Å². The number of nitrogens with one attached hydrogen (secondary N) is 2. The van der Waals surface area contributed by atoms with Crippen molar-refractivity contribution in [1.29, 1.82) is 0 Å². The Balaban J connectivity index is 1.65. The number of nitrogens with zero attached hydrogens (tertiary/aromatic N) is 1. The van der Waals surface area contributed by atoms with E-state index in [2.05, 4.69) is 10.6 Å². The van der Waals surface area contributed by atoms with E-state index in [1.165, 1.54) is 36.2 Å². The van der Waals surface area contributed by atoms with Crippen LogP contribution >= 0.6 is 0 Å². The number of halogens is 1. The van der Waals surface area contributed by atoms with Crippen LogP contribution in [-0.4, -0.2) is 60.2 Å². The minimum atomic E-state index is -1.13. The first kappa shape index (κ1) is 37.4. The number of amides is 4. The van der Waals surface area contributed by atoms with E-state index < -0.39 is 47.6 Å². The van der Waals surface area contributed by atoms with E-state index in [4.69, 9.17) is 17.2 Å². The van der Waals surface area contributed by atoms with Crippen LogP contribution < -0.4 is 27.8 Å². The molecule has 4 aromatic carbocycles. The third-order valence-electron chi connectivity index (χ3n) is 8.60. The first-order chi connectivity index (χ1) is 24.1. The van der Waals surface area contributed by atoms with Crippen LogP contribution in [0.4, 0.5) is 4.39 Å². The Morgan fingerprint density at radius 2 is 1.36 bits per heavy atom. The van der Waals surface area contributed by atoms with Gasteiger partial charge in [0.05, 0.1) is 0 Å². The van der Waals surface area contributed by atoms with Gasteiger partial charge in [0, 0.05) is 32.0 Å². The minimum Gasteiger partial charge on any atom is -0.368 e. The number of likely N-dealkylation sites (N-methyl/N-ethyl adjacent to an activating group) is 1. The number of primary amides is 1. The summed E-state index contributed by atoms with van der Waals surface area (Å²) < 4.78 is 13.8. The third-order valence-corrected chi connectivity index (χ3v) is 8.60. The molecule has 3 atom stereocenters. The molecule has 11 heteroatoms. The highest BCUT2D eigenvalue weighted by Gasteiger charge is 2.34. The predicted molar refractivity (Wildman–Crippen MR) is 192 cm³/mol. The second-order valence-corrected chi connectivity index (χ2v) is 12.2. The Hall–Kier alpha value is -5.39. The summed E-state index contributed by atoms with van der Waals surface area (Å²) in [5.41, 5.74) is 21.5. The number of hydrogen-bond acceptors (Lipinski definition) is 6. The number of carbonyl (C=O) groups is 4. The quantitative estimate of drug-likeness (QED) is 0.107. The van der Waals surface area contributed by atoms with Gasteiger partial charge in [0.1, 0.15) is 23.9 Å². The molecular weight excluding hydrogens is 635 g/mol. The molecule has 0 fully saturated rings. The largest absolute Gasteiger partial charge is 0.368 e. The number of rotatable bonds is 17. The molecule has 0 aliphatic rings. The lowest BCUT2D eigenvalue weighted by atomic mass is 9.98. The monoisotopic (exact) mass is 680 g/mol. The van der Waals surface area contributed by atoms with Gasteiger partial charge in [-0.05, 0) is 77.9 Å². The van der Waals surface area contributed by atoms with E-state index >= 15 is 0 Å². The normalized spacial score (nSPS) is 12.7. The first-order valence-corrected chi connectivity index (χ1v) is 16.6. The average molecular weight is 681 g/mol. The molecule has 0 saturated carbocycles. The molecular formula is C39H45FN6O4. The minimum absolute atomic E-state index is 0.00756. The van der Waals surface area contributed by atoms with Crippen LogP contribution in [0.15, 0.2) is 103 Å². The summed E-state index contributed by atoms with van der Waals surface area (Å²) >= 11 is 0. The molecule has 0 bridgehead atoms. The van der Waals surface area contributed by atoms with E-state index in [0.29, 0.717) is 30.5 Å². The van der Waals surface area contributed by atoms with Crippen molar-refractivity contribution >= 4 is 23.6 Å². The Bertz CT molecular complexity index is 1730. The molecule has 4 rings (SSSR count). The zero-order chi connectivity index (χ0) is 36.0. The Morgan fingerprint density at radius 3 is 2.00 bits per heavy atom. The van der Waals surface area contributed by atoms with Gasteiger partial charge < -0.3 is 32.7 Å². The van der Waals surface area contributed by atoms with Crippen molar-refractivity contribution in [1.82, 2.24) is 15.5 Å². The lowest BCUT2D eigenvalue weighted by molar-refractivity contribution is -0.141. The van der Waals surface area contributed by atoms with Crippen molar-refractivity contribution in [2.45, 2.75) is 56.8 Å². The highest BCUT2D eigenvalue weighted by Crippen LogP contribution is 2.21. The average Bonchev–Trinajstić information content (AvgIpc) is 3.13. The fourth-order valence-electron chi connectivity index (χ4n) is 5.68. The van der Waals surface area contributed by atoms with Gasteiger partial charge in [-0.15, -0.1) is 0 Å². The van der Waals surface area contributed by atoms with Crippen LogP contribution in [0.2, 0.25) is 0 Å². The topological polar surface area (TPSA) is 174 Å². The Kier molecular flexibility index (Phi) is 13.8. The molecule has 262 valence electrons. The molecule has 0 radical (unpaired) electrons. The van der Waals surface area contributed by atoms with E-state index in [-0.39, 0.29) is 25.8 Å². The van der Waals surface area contributed by atoms with Crippen LogP contribution in [0, 0.1) is 5.82 Å². The van der Waals surface area contributed by atoms with Gasteiger partial charge in [0.25, 0.3) is 5.91 Å². The van der Waals surface area contributed by atoms with Gasteiger partial charge in [-0.2, -0.15) is 0 Å². The standard InChI is InChI=1S/C39H45FN6O4/c1-46(35(24-27-15-19-32(40)20-16-27)38(49)44-33(36(43)47)12-5-6-21-41)39(50)34(45-37(48)31-11-7-8-28(22-31)25-42)23-26-13-17-30(18-14-26)29-9-3-2-4-10-29/h2-4,7-11,13-20,22,33-35H,5-6,12,21,23-25,41-42H2,1H3,(H2,43,47)(H,44,49)(H,45,48)/t33-,34?,35?/m0/s1. The molecule has 8 N–H and O–H groups in total. The maximum Gasteiger partial charge on any atom is 0.251 e. The zero-order valence-electron chi connectivity index (χ0n) is 28.2. The van der Waals surface area contributed by atoms with Gasteiger partial charge in [0.15, 0.2) is 0 Å². The Morgan fingerprint density at radius 1 is 0.720 bits per heavy atom. The molecule has 0 saturated heterocycles. The molecule has 50 heavy (non-hydrogen) atoms. The second-order valence-electron chi connectivity index (χ2n) is 12.2. The molecule has 2 unspecified atom stereocenters. The SMILES string of the molecule is CN(C(=O)C(Cc1ccc(-c2ccccc2)cc1)NC(=O)c1cccc(CN)c1)C(Cc1ccc(F)cc1)C(=O)N[C@@H](CCCCN)C(N)=O. The van der Waals surface area contributed by atoms with Gasteiger partial charge in [-0.3, -0.25) is 19.2 Å². The van der Waals surface area contributed by atoms with Gasteiger partial charge in [0.2, 0.25) is 17.7 Å². The second kappa shape index (κ2) is 18.4. The number of unbranched alkanes of at least 4 members (excludes halogenated alkanes) is 1. The molecule has 0 aliphatic heterocycles. The third kappa shape index (κ3) is 10.6. The number of hydrogen-bond donors (Lipinski definition) is 5. The Labute approximate surface area is 292 Å². The lowest BCUT2D eigenvalue weighted by Crippen LogP contribution is -2.57. The predicted octanol–water partition coefficient (Wildman–Crippen LogP) is 3.46. The van der Waals surface area contributed by atoms with Crippen molar-refractivity contribution in [2.24, 2.45) is 17.2 Å². The summed E-state index contributed by atoms with van der Waals surface area (Å²) in [5, 5.41) is 5.59. The molecule has 0 aromatic heterocycles. The van der Waals surface area contributed by atoms with E-state index in [9.17, 15) is 23.6 Å². The van der Waals surface area contributed by atoms with Gasteiger partial charge in [-0.1, -0.05) is 78.9 Å². The smallest absolute Gasteiger partial charge is 0.251 e. The fourth-order valence-corrected chi connectivity index (χ4v) is 5.68. The lowest BCUT2D eigenvalue weighted by Gasteiger charge is -2.32. The van der Waals surface area contributed by atoms with Crippen molar-refractivity contribution < 1.29 is 23.6 Å². The summed E-state index contributed by atoms with van der Waals surface area (Å²) in [6.07, 6.45) is 1.60. The molecule has 0 spiro atoms.